The number of amidine groups is 1. The molecule has 1 unspecified atom stereocenters. The molecule has 1 aromatic carbocycles. The average molecular weight is 408 g/mol. The molecule has 1 fully saturated rings. The van der Waals surface area contributed by atoms with Crippen LogP contribution in [0.4, 0.5) is 0 Å². The van der Waals surface area contributed by atoms with Crippen LogP contribution in [-0.4, -0.2) is 44.8 Å². The minimum Gasteiger partial charge on any atom is -0.492 e. The number of amides is 1. The van der Waals surface area contributed by atoms with Crippen molar-refractivity contribution in [1.82, 2.24) is 4.90 Å². The molecule has 7 nitrogen and oxygen atoms in total. The molecule has 2 heterocycles. The van der Waals surface area contributed by atoms with E-state index in [1.165, 1.54) is 0 Å². The Balaban J connectivity index is 1.66. The second kappa shape index (κ2) is 7.73. The zero-order chi connectivity index (χ0) is 20.5. The Morgan fingerprint density at radius 3 is 2.82 bits per heavy atom. The molecule has 0 aromatic heterocycles. The number of benzene rings is 1. The van der Waals surface area contributed by atoms with Gasteiger partial charge in [0.15, 0.2) is 0 Å². The van der Waals surface area contributed by atoms with Crippen molar-refractivity contribution < 1.29 is 17.9 Å². The van der Waals surface area contributed by atoms with E-state index in [9.17, 15) is 13.2 Å². The Morgan fingerprint density at radius 1 is 1.36 bits per heavy atom. The summed E-state index contributed by atoms with van der Waals surface area (Å²) in [6.07, 6.45) is 2.49. The van der Waals surface area contributed by atoms with Gasteiger partial charge in [0, 0.05) is 25.4 Å². The highest BCUT2D eigenvalue weighted by Crippen LogP contribution is 2.29. The van der Waals surface area contributed by atoms with E-state index in [1.54, 1.807) is 18.2 Å². The van der Waals surface area contributed by atoms with E-state index in [4.69, 9.17) is 10.5 Å². The third kappa shape index (κ3) is 5.04. The topological polar surface area (TPSA) is 102 Å². The number of fused-ring (bicyclic) bond motifs is 1. The van der Waals surface area contributed by atoms with Crippen molar-refractivity contribution in [2.24, 2.45) is 21.5 Å². The molecule has 0 radical (unpaired) electrons. The number of carbonyl (C=O) groups excluding carboxylic acids is 1. The zero-order valence-corrected chi connectivity index (χ0v) is 17.6. The Morgan fingerprint density at radius 2 is 2.11 bits per heavy atom. The molecule has 154 valence electrons. The maximum Gasteiger partial charge on any atom is 0.259 e. The molecular weight excluding hydrogens is 378 g/mol. The second-order valence-corrected chi connectivity index (χ2v) is 10.5. The first-order valence-electron chi connectivity index (χ1n) is 9.65. The molecule has 1 saturated heterocycles. The number of nitrogens with zero attached hydrogens (tertiary/aromatic N) is 2. The minimum atomic E-state index is -3.57. The van der Waals surface area contributed by atoms with Crippen LogP contribution in [0.25, 0.3) is 0 Å². The monoisotopic (exact) mass is 407 g/mol. The molecule has 28 heavy (non-hydrogen) atoms. The Hall–Kier alpha value is -2.09. The molecular formula is C20H29N3O4S. The SMILES string of the molecule is CC(C)(C)CC(=O)N1CCCC(COc2cccc3c2C(N)=NS(=O)(=O)C3)C1. The average Bonchev–Trinajstić information content (AvgIpc) is 2.57. The van der Waals surface area contributed by atoms with Crippen molar-refractivity contribution >= 4 is 21.8 Å². The fourth-order valence-electron chi connectivity index (χ4n) is 3.73. The van der Waals surface area contributed by atoms with Crippen LogP contribution in [-0.2, 0) is 20.6 Å². The quantitative estimate of drug-likeness (QED) is 0.825. The van der Waals surface area contributed by atoms with E-state index in [1.807, 2.05) is 4.90 Å². The predicted octanol–water partition coefficient (Wildman–Crippen LogP) is 2.29. The Bertz CT molecular complexity index is 887. The number of carbonyl (C=O) groups is 1. The maximum absolute atomic E-state index is 12.5. The molecule has 3 rings (SSSR count). The van der Waals surface area contributed by atoms with Crippen LogP contribution >= 0.6 is 0 Å². The fourth-order valence-corrected chi connectivity index (χ4v) is 4.82. The number of ether oxygens (including phenoxy) is 1. The van der Waals surface area contributed by atoms with Gasteiger partial charge in [-0.2, -0.15) is 0 Å². The number of sulfonamides is 1. The predicted molar refractivity (Wildman–Crippen MR) is 109 cm³/mol. The smallest absolute Gasteiger partial charge is 0.259 e. The minimum absolute atomic E-state index is 0.0255. The summed E-state index contributed by atoms with van der Waals surface area (Å²) in [7, 11) is -3.57. The van der Waals surface area contributed by atoms with Gasteiger partial charge < -0.3 is 15.4 Å². The molecule has 0 bridgehead atoms. The summed E-state index contributed by atoms with van der Waals surface area (Å²) in [5.74, 6) is 0.780. The first-order valence-corrected chi connectivity index (χ1v) is 11.3. The van der Waals surface area contributed by atoms with Crippen LogP contribution in [0.1, 0.15) is 51.2 Å². The van der Waals surface area contributed by atoms with Gasteiger partial charge in [0.2, 0.25) is 5.91 Å². The van der Waals surface area contributed by atoms with Gasteiger partial charge in [-0.3, -0.25) is 4.79 Å². The molecule has 1 atom stereocenters. The molecule has 2 aliphatic heterocycles. The number of likely N-dealkylation sites (tertiary alicyclic amines) is 1. The number of nitrogens with two attached hydrogens (primary N) is 1. The normalized spacial score (nSPS) is 21.6. The van der Waals surface area contributed by atoms with Crippen molar-refractivity contribution in [3.05, 3.63) is 29.3 Å². The third-order valence-electron chi connectivity index (χ3n) is 4.97. The number of piperidine rings is 1. The molecule has 1 amide bonds. The Kier molecular flexibility index (Phi) is 5.70. The molecule has 1 aromatic rings. The highest BCUT2D eigenvalue weighted by atomic mass is 32.2. The highest BCUT2D eigenvalue weighted by Gasteiger charge is 2.28. The van der Waals surface area contributed by atoms with E-state index in [2.05, 4.69) is 25.2 Å². The number of hydrogen-bond acceptors (Lipinski definition) is 5. The molecule has 0 spiro atoms. The summed E-state index contributed by atoms with van der Waals surface area (Å²) in [5.41, 5.74) is 7.03. The number of rotatable bonds is 4. The van der Waals surface area contributed by atoms with Crippen LogP contribution in [0.2, 0.25) is 0 Å². The first kappa shape index (κ1) is 20.6. The largest absolute Gasteiger partial charge is 0.492 e. The van der Waals surface area contributed by atoms with Crippen LogP contribution in [0, 0.1) is 11.3 Å². The lowest BCUT2D eigenvalue weighted by molar-refractivity contribution is -0.135. The summed E-state index contributed by atoms with van der Waals surface area (Å²) < 4.78 is 33.2. The van der Waals surface area contributed by atoms with Crippen molar-refractivity contribution in [1.29, 1.82) is 0 Å². The first-order chi connectivity index (χ1) is 13.0. The number of hydrogen-bond donors (Lipinski definition) is 1. The van der Waals surface area contributed by atoms with Crippen molar-refractivity contribution in [3.8, 4) is 5.75 Å². The lowest BCUT2D eigenvalue weighted by Crippen LogP contribution is -2.42. The summed E-state index contributed by atoms with van der Waals surface area (Å²) >= 11 is 0. The lowest BCUT2D eigenvalue weighted by Gasteiger charge is -2.34. The van der Waals surface area contributed by atoms with E-state index in [0.29, 0.717) is 36.4 Å². The van der Waals surface area contributed by atoms with Gasteiger partial charge in [-0.15, -0.1) is 4.40 Å². The van der Waals surface area contributed by atoms with Crippen molar-refractivity contribution in [2.75, 3.05) is 19.7 Å². The van der Waals surface area contributed by atoms with Gasteiger partial charge in [0.25, 0.3) is 10.0 Å². The van der Waals surface area contributed by atoms with Gasteiger partial charge in [-0.05, 0) is 29.9 Å². The van der Waals surface area contributed by atoms with Crippen molar-refractivity contribution in [2.45, 2.75) is 45.8 Å². The molecule has 0 aliphatic carbocycles. The van der Waals surface area contributed by atoms with Gasteiger partial charge in [0.1, 0.15) is 11.6 Å². The van der Waals surface area contributed by atoms with E-state index >= 15 is 0 Å². The van der Waals surface area contributed by atoms with Gasteiger partial charge >= 0.3 is 0 Å². The van der Waals surface area contributed by atoms with E-state index < -0.39 is 10.0 Å². The molecule has 2 N–H and O–H groups in total. The van der Waals surface area contributed by atoms with E-state index in [-0.39, 0.29) is 28.8 Å². The molecule has 0 saturated carbocycles. The molecule has 8 heteroatoms. The van der Waals surface area contributed by atoms with E-state index in [0.717, 1.165) is 19.4 Å². The molecule has 2 aliphatic rings. The second-order valence-electron chi connectivity index (χ2n) is 8.89. The zero-order valence-electron chi connectivity index (χ0n) is 16.8. The lowest BCUT2D eigenvalue weighted by atomic mass is 9.90. The van der Waals surface area contributed by atoms with Gasteiger partial charge in [-0.1, -0.05) is 32.9 Å². The summed E-state index contributed by atoms with van der Waals surface area (Å²) in [4.78, 5) is 14.5. The Labute approximate surface area is 167 Å². The van der Waals surface area contributed by atoms with Gasteiger partial charge in [-0.25, -0.2) is 8.42 Å². The highest BCUT2D eigenvalue weighted by molar-refractivity contribution is 7.89. The van der Waals surface area contributed by atoms with Crippen LogP contribution < -0.4 is 10.5 Å². The standard InChI is InChI=1S/C20H29N3O4S/c1-20(2,3)10-17(24)23-9-5-6-14(11-23)12-27-16-8-4-7-15-13-28(25,26)22-19(21)18(15)16/h4,7-8,14H,5-6,9-13H2,1-3H3,(H2,21,22). The maximum atomic E-state index is 12.5. The summed E-state index contributed by atoms with van der Waals surface area (Å²) in [5, 5.41) is 0. The summed E-state index contributed by atoms with van der Waals surface area (Å²) in [6.45, 7) is 8.14. The summed E-state index contributed by atoms with van der Waals surface area (Å²) in [6, 6.07) is 5.28. The van der Waals surface area contributed by atoms with Crippen molar-refractivity contribution in [3.63, 3.8) is 0 Å². The van der Waals surface area contributed by atoms with Crippen LogP contribution in [0.5, 0.6) is 5.75 Å². The van der Waals surface area contributed by atoms with Crippen LogP contribution in [0.15, 0.2) is 22.6 Å². The van der Waals surface area contributed by atoms with Crippen LogP contribution in [0.3, 0.4) is 0 Å². The third-order valence-corrected chi connectivity index (χ3v) is 6.12. The van der Waals surface area contributed by atoms with Gasteiger partial charge in [0.05, 0.1) is 17.9 Å². The fraction of sp³-hybridized carbons (Fsp3) is 0.600.